The molecule has 3 heteroatoms. The molecule has 0 atom stereocenters. The van der Waals surface area contributed by atoms with Gasteiger partial charge in [0.1, 0.15) is 0 Å². The van der Waals surface area contributed by atoms with Crippen molar-refractivity contribution in [3.8, 4) is 0 Å². The third-order valence-corrected chi connectivity index (χ3v) is 0.362. The summed E-state index contributed by atoms with van der Waals surface area (Å²) in [5, 5.41) is 0. The van der Waals surface area contributed by atoms with E-state index in [1.807, 2.05) is 0 Å². The number of hydrogen-bond acceptors (Lipinski definition) is 1. The number of nitrogens with one attached hydrogen (secondary N) is 1. The minimum absolute atomic E-state index is 0. The van der Waals surface area contributed by atoms with E-state index in [0.717, 1.165) is 0 Å². The fraction of sp³-hybridized carbons (Fsp3) is 0. The Kier molecular flexibility index (Phi) is 2.96. The summed E-state index contributed by atoms with van der Waals surface area (Å²) >= 11 is 0. The van der Waals surface area contributed by atoms with Crippen molar-refractivity contribution in [3.05, 3.63) is 18.7 Å². The van der Waals surface area contributed by atoms with Gasteiger partial charge in [-0.15, -0.1) is 12.4 Å². The SMILES string of the molecule is [Zn].[c-]1ncc[nH]1. The summed E-state index contributed by atoms with van der Waals surface area (Å²) in [4.78, 5) is 6.17. The van der Waals surface area contributed by atoms with Crippen LogP contribution in [0.1, 0.15) is 0 Å². The van der Waals surface area contributed by atoms with Crippen LogP contribution in [-0.2, 0) is 19.5 Å². The number of hydrogen-bond donors (Lipinski definition) is 1. The first kappa shape index (κ1) is 5.83. The van der Waals surface area contributed by atoms with E-state index in [0.29, 0.717) is 0 Å². The summed E-state index contributed by atoms with van der Waals surface area (Å²) in [5.41, 5.74) is 0. The Labute approximate surface area is 48.7 Å². The number of nitrogens with zero attached hydrogens (tertiary/aromatic N) is 1. The molecule has 0 saturated carbocycles. The molecule has 1 N–H and O–H groups in total. The summed E-state index contributed by atoms with van der Waals surface area (Å²) in [6.45, 7) is 0. The maximum Gasteiger partial charge on any atom is 0 e. The van der Waals surface area contributed by atoms with Crippen LogP contribution >= 0.6 is 0 Å². The van der Waals surface area contributed by atoms with Gasteiger partial charge in [-0.3, -0.25) is 0 Å². The average Bonchev–Trinajstić information content (AvgIpc) is 1.76. The van der Waals surface area contributed by atoms with Crippen molar-refractivity contribution >= 4 is 0 Å². The molecule has 0 radical (unpaired) electrons. The van der Waals surface area contributed by atoms with Crippen LogP contribution in [0.3, 0.4) is 0 Å². The van der Waals surface area contributed by atoms with Crippen LogP contribution in [0, 0.1) is 6.33 Å². The Morgan fingerprint density at radius 2 is 2.50 bits per heavy atom. The predicted molar refractivity (Wildman–Crippen MR) is 17.4 cm³/mol. The molecule has 0 aliphatic carbocycles. The number of rotatable bonds is 0. The summed E-state index contributed by atoms with van der Waals surface area (Å²) in [5.74, 6) is 0. The maximum absolute atomic E-state index is 3.54. The second kappa shape index (κ2) is 3.04. The van der Waals surface area contributed by atoms with Crippen molar-refractivity contribution in [2.45, 2.75) is 0 Å². The molecule has 0 unspecified atom stereocenters. The minimum Gasteiger partial charge on any atom is -0.467 e. The van der Waals surface area contributed by atoms with Crippen molar-refractivity contribution in [2.24, 2.45) is 0 Å². The Morgan fingerprint density at radius 3 is 2.67 bits per heavy atom. The quantitative estimate of drug-likeness (QED) is 0.397. The van der Waals surface area contributed by atoms with E-state index in [1.54, 1.807) is 12.4 Å². The van der Waals surface area contributed by atoms with Crippen LogP contribution in [-0.4, -0.2) is 9.97 Å². The molecule has 1 aromatic rings. The summed E-state index contributed by atoms with van der Waals surface area (Å²) in [6.07, 6.45) is 5.83. The van der Waals surface area contributed by atoms with E-state index in [-0.39, 0.29) is 19.5 Å². The molecule has 0 aliphatic rings. The van der Waals surface area contributed by atoms with Crippen LogP contribution in [0.25, 0.3) is 0 Å². The minimum atomic E-state index is 0. The zero-order chi connectivity index (χ0) is 3.54. The standard InChI is InChI=1S/C3H3N2.Zn/c1-2-5-3-4-1;/h1-2H,(H,4,5);/q-1;. The second-order valence-corrected chi connectivity index (χ2v) is 0.701. The van der Waals surface area contributed by atoms with Gasteiger partial charge in [-0.1, -0.05) is 0 Å². The Bertz CT molecular complexity index is 65.3. The normalized spacial score (nSPS) is 6.67. The van der Waals surface area contributed by atoms with Gasteiger partial charge in [0, 0.05) is 19.5 Å². The largest absolute Gasteiger partial charge is 0.467 e. The third kappa shape index (κ3) is 1.32. The van der Waals surface area contributed by atoms with Gasteiger partial charge in [0.25, 0.3) is 0 Å². The second-order valence-electron chi connectivity index (χ2n) is 0.701. The van der Waals surface area contributed by atoms with E-state index in [1.165, 1.54) is 0 Å². The molecule has 1 aromatic heterocycles. The van der Waals surface area contributed by atoms with Crippen LogP contribution in [0.2, 0.25) is 0 Å². The fourth-order valence-corrected chi connectivity index (χ4v) is 0.186. The molecule has 6 heavy (non-hydrogen) atoms. The van der Waals surface area contributed by atoms with Gasteiger partial charge in [0.15, 0.2) is 0 Å². The molecule has 0 saturated heterocycles. The zero-order valence-electron chi connectivity index (χ0n) is 3.31. The predicted octanol–water partition coefficient (Wildman–Crippen LogP) is 0.207. The number of aromatic nitrogens is 2. The van der Waals surface area contributed by atoms with Gasteiger partial charge in [-0.2, -0.15) is 0 Å². The molecule has 0 aliphatic heterocycles. The number of aromatic amines is 1. The van der Waals surface area contributed by atoms with E-state index in [9.17, 15) is 0 Å². The van der Waals surface area contributed by atoms with Crippen molar-refractivity contribution in [3.63, 3.8) is 0 Å². The number of imidazole rings is 1. The van der Waals surface area contributed by atoms with Gasteiger partial charge in [-0.05, 0) is 6.33 Å². The Hall–Kier alpha value is -0.167. The molecule has 0 amide bonds. The molecular formula is C3H3N2Zn-. The first-order valence-corrected chi connectivity index (χ1v) is 1.35. The van der Waals surface area contributed by atoms with Crippen LogP contribution < -0.4 is 0 Å². The van der Waals surface area contributed by atoms with Crippen molar-refractivity contribution in [2.75, 3.05) is 0 Å². The van der Waals surface area contributed by atoms with Crippen molar-refractivity contribution in [1.82, 2.24) is 9.97 Å². The van der Waals surface area contributed by atoms with Gasteiger partial charge in [0.2, 0.25) is 0 Å². The van der Waals surface area contributed by atoms with Crippen LogP contribution in [0.5, 0.6) is 0 Å². The third-order valence-electron chi connectivity index (χ3n) is 0.362. The van der Waals surface area contributed by atoms with Gasteiger partial charge in [-0.25, -0.2) is 0 Å². The molecule has 0 fully saturated rings. The van der Waals surface area contributed by atoms with Gasteiger partial charge in [0.05, 0.1) is 0 Å². The van der Waals surface area contributed by atoms with Crippen molar-refractivity contribution in [1.29, 1.82) is 0 Å². The molecular weight excluding hydrogens is 129 g/mol. The summed E-state index contributed by atoms with van der Waals surface area (Å²) in [7, 11) is 0. The molecule has 1 rings (SSSR count). The Balaban J connectivity index is 0.000000250. The smallest absolute Gasteiger partial charge is 0 e. The number of H-pyrrole nitrogens is 1. The van der Waals surface area contributed by atoms with Gasteiger partial charge >= 0.3 is 0 Å². The zero-order valence-corrected chi connectivity index (χ0v) is 6.28. The molecule has 2 nitrogen and oxygen atoms in total. The average molecular weight is 132 g/mol. The first-order valence-electron chi connectivity index (χ1n) is 1.35. The molecule has 1 heterocycles. The topological polar surface area (TPSA) is 28.7 Å². The fourth-order valence-electron chi connectivity index (χ4n) is 0.186. The molecule has 0 spiro atoms. The maximum atomic E-state index is 3.54. The monoisotopic (exact) mass is 131 g/mol. The van der Waals surface area contributed by atoms with Crippen LogP contribution in [0.4, 0.5) is 0 Å². The van der Waals surface area contributed by atoms with E-state index >= 15 is 0 Å². The summed E-state index contributed by atoms with van der Waals surface area (Å²) in [6, 6.07) is 0. The Morgan fingerprint density at radius 1 is 1.67 bits per heavy atom. The molecule has 28 valence electrons. The van der Waals surface area contributed by atoms with Gasteiger partial charge < -0.3 is 9.97 Å². The first-order chi connectivity index (χ1) is 2.50. The van der Waals surface area contributed by atoms with Crippen LogP contribution in [0.15, 0.2) is 12.4 Å². The van der Waals surface area contributed by atoms with E-state index in [4.69, 9.17) is 0 Å². The van der Waals surface area contributed by atoms with E-state index < -0.39 is 0 Å². The van der Waals surface area contributed by atoms with Crippen molar-refractivity contribution < 1.29 is 19.5 Å². The summed E-state index contributed by atoms with van der Waals surface area (Å²) < 4.78 is 0. The molecule has 0 aromatic carbocycles. The molecule has 0 bridgehead atoms. The van der Waals surface area contributed by atoms with E-state index in [2.05, 4.69) is 16.3 Å².